The number of aryl methyl sites for hydroxylation is 1. The maximum atomic E-state index is 13.6. The molecule has 0 radical (unpaired) electrons. The van der Waals surface area contributed by atoms with Crippen LogP contribution in [0, 0.1) is 6.92 Å². The van der Waals surface area contributed by atoms with Crippen LogP contribution in [-0.2, 0) is 21.2 Å². The van der Waals surface area contributed by atoms with Gasteiger partial charge in [0.1, 0.15) is 0 Å². The Labute approximate surface area is 193 Å². The number of sulfonamides is 1. The zero-order chi connectivity index (χ0) is 22.5. The van der Waals surface area contributed by atoms with Gasteiger partial charge in [0.25, 0.3) is 0 Å². The first kappa shape index (κ1) is 22.3. The van der Waals surface area contributed by atoms with Crippen LogP contribution < -0.4 is 9.80 Å². The monoisotopic (exact) mass is 505 g/mol. The van der Waals surface area contributed by atoms with E-state index in [4.69, 9.17) is 0 Å². The van der Waals surface area contributed by atoms with Gasteiger partial charge >= 0.3 is 0 Å². The molecule has 2 atom stereocenters. The summed E-state index contributed by atoms with van der Waals surface area (Å²) in [7, 11) is -3.71. The van der Waals surface area contributed by atoms with E-state index >= 15 is 0 Å². The van der Waals surface area contributed by atoms with Crippen LogP contribution in [0.5, 0.6) is 0 Å². The number of fused-ring (bicyclic) bond motifs is 1. The fraction of sp³-hybridized carbons (Fsp3) is 0.435. The van der Waals surface area contributed by atoms with Crippen molar-refractivity contribution >= 4 is 43.2 Å². The van der Waals surface area contributed by atoms with Gasteiger partial charge in [-0.1, -0.05) is 12.1 Å². The molecule has 6 nitrogen and oxygen atoms in total. The van der Waals surface area contributed by atoms with Crippen LogP contribution in [0.1, 0.15) is 31.9 Å². The second-order valence-electron chi connectivity index (χ2n) is 8.60. The largest absolute Gasteiger partial charge is 0.366 e. The number of anilines is 2. The number of hydrogen-bond acceptors (Lipinski definition) is 4. The number of halogens is 1. The molecule has 4 rings (SSSR count). The Morgan fingerprint density at radius 3 is 2.48 bits per heavy atom. The quantitative estimate of drug-likeness (QED) is 0.633. The molecule has 0 aromatic heterocycles. The summed E-state index contributed by atoms with van der Waals surface area (Å²) >= 11 is 3.48. The van der Waals surface area contributed by atoms with E-state index in [1.54, 1.807) is 15.3 Å². The van der Waals surface area contributed by atoms with Crippen molar-refractivity contribution in [2.45, 2.75) is 51.1 Å². The van der Waals surface area contributed by atoms with Gasteiger partial charge in [-0.15, -0.1) is 0 Å². The van der Waals surface area contributed by atoms with E-state index in [9.17, 15) is 13.2 Å². The molecule has 8 heteroatoms. The van der Waals surface area contributed by atoms with Crippen LogP contribution >= 0.6 is 15.9 Å². The van der Waals surface area contributed by atoms with Gasteiger partial charge in [-0.3, -0.25) is 4.79 Å². The molecule has 0 spiro atoms. The summed E-state index contributed by atoms with van der Waals surface area (Å²) in [5, 5.41) is 0. The van der Waals surface area contributed by atoms with Crippen LogP contribution in [0.3, 0.4) is 0 Å². The molecule has 2 aromatic carbocycles. The maximum Gasteiger partial charge on any atom is 0.244 e. The van der Waals surface area contributed by atoms with Gasteiger partial charge in [0, 0.05) is 54.5 Å². The molecule has 0 aliphatic carbocycles. The molecule has 0 saturated carbocycles. The summed E-state index contributed by atoms with van der Waals surface area (Å²) in [5.74, 6) is -0.0719. The third-order valence-corrected chi connectivity index (χ3v) is 9.05. The number of amides is 1. The Balaban J connectivity index is 1.62. The maximum absolute atomic E-state index is 13.6. The SMILES string of the molecule is CC(=O)N1c2cc(S(=O)(=O)N3CCN(c4cccc(C)c4)[C@@H](C)C3)c(Br)cc2C[C@@H]1C. The van der Waals surface area contributed by atoms with Gasteiger partial charge in [-0.25, -0.2) is 8.42 Å². The van der Waals surface area contributed by atoms with E-state index in [-0.39, 0.29) is 22.9 Å². The molecule has 0 bridgehead atoms. The number of benzene rings is 2. The van der Waals surface area contributed by atoms with E-state index in [1.807, 2.05) is 19.1 Å². The Bertz CT molecular complexity index is 1130. The van der Waals surface area contributed by atoms with Crippen molar-refractivity contribution < 1.29 is 13.2 Å². The Kier molecular flexibility index (Phi) is 5.91. The average Bonchev–Trinajstić information content (AvgIpc) is 3.01. The summed E-state index contributed by atoms with van der Waals surface area (Å²) in [6, 6.07) is 11.9. The number of rotatable bonds is 3. The van der Waals surface area contributed by atoms with Crippen molar-refractivity contribution in [3.63, 3.8) is 0 Å². The summed E-state index contributed by atoms with van der Waals surface area (Å²) in [4.78, 5) is 16.3. The summed E-state index contributed by atoms with van der Waals surface area (Å²) < 4.78 is 29.3. The molecule has 2 aromatic rings. The lowest BCUT2D eigenvalue weighted by Crippen LogP contribution is -2.53. The molecule has 1 fully saturated rings. The van der Waals surface area contributed by atoms with E-state index in [0.717, 1.165) is 17.7 Å². The molecule has 2 aliphatic rings. The highest BCUT2D eigenvalue weighted by Gasteiger charge is 2.36. The van der Waals surface area contributed by atoms with Crippen molar-refractivity contribution in [2.75, 3.05) is 29.4 Å². The number of carbonyl (C=O) groups excluding carboxylic acids is 1. The number of nitrogens with zero attached hydrogens (tertiary/aromatic N) is 3. The number of hydrogen-bond donors (Lipinski definition) is 0. The fourth-order valence-electron chi connectivity index (χ4n) is 4.77. The summed E-state index contributed by atoms with van der Waals surface area (Å²) in [5.41, 5.74) is 4.00. The number of piperazine rings is 1. The highest BCUT2D eigenvalue weighted by atomic mass is 79.9. The molecule has 166 valence electrons. The van der Waals surface area contributed by atoms with Crippen LogP contribution in [0.25, 0.3) is 0 Å². The lowest BCUT2D eigenvalue weighted by molar-refractivity contribution is -0.116. The fourth-order valence-corrected chi connectivity index (χ4v) is 7.35. The van der Waals surface area contributed by atoms with Gasteiger partial charge in [0.15, 0.2) is 0 Å². The molecule has 1 saturated heterocycles. The van der Waals surface area contributed by atoms with Gasteiger partial charge in [0.05, 0.1) is 4.90 Å². The molecule has 1 amide bonds. The van der Waals surface area contributed by atoms with Crippen molar-refractivity contribution in [3.8, 4) is 0 Å². The van der Waals surface area contributed by atoms with Gasteiger partial charge in [0.2, 0.25) is 15.9 Å². The van der Waals surface area contributed by atoms with Gasteiger partial charge < -0.3 is 9.80 Å². The van der Waals surface area contributed by atoms with Crippen molar-refractivity contribution in [1.29, 1.82) is 0 Å². The Morgan fingerprint density at radius 2 is 1.84 bits per heavy atom. The van der Waals surface area contributed by atoms with E-state index in [1.165, 1.54) is 12.5 Å². The second kappa shape index (κ2) is 8.22. The lowest BCUT2D eigenvalue weighted by atomic mass is 10.1. The van der Waals surface area contributed by atoms with Crippen LogP contribution in [-0.4, -0.2) is 50.3 Å². The zero-order valence-electron chi connectivity index (χ0n) is 18.3. The van der Waals surface area contributed by atoms with Gasteiger partial charge in [-0.2, -0.15) is 4.31 Å². The summed E-state index contributed by atoms with van der Waals surface area (Å²) in [6.45, 7) is 9.07. The molecule has 0 unspecified atom stereocenters. The average molecular weight is 506 g/mol. The predicted molar refractivity (Wildman–Crippen MR) is 127 cm³/mol. The Hall–Kier alpha value is -1.90. The normalized spacial score (nSPS) is 22.0. The Morgan fingerprint density at radius 1 is 1.10 bits per heavy atom. The highest BCUT2D eigenvalue weighted by Crippen LogP contribution is 2.39. The van der Waals surface area contributed by atoms with Crippen LogP contribution in [0.15, 0.2) is 45.8 Å². The first-order chi connectivity index (χ1) is 14.6. The molecular weight excluding hydrogens is 478 g/mol. The third-order valence-electron chi connectivity index (χ3n) is 6.23. The summed E-state index contributed by atoms with van der Waals surface area (Å²) in [6.07, 6.45) is 0.722. The van der Waals surface area contributed by atoms with E-state index in [2.05, 4.69) is 52.9 Å². The van der Waals surface area contributed by atoms with Gasteiger partial charge in [-0.05, 0) is 78.5 Å². The first-order valence-electron chi connectivity index (χ1n) is 10.5. The predicted octanol–water partition coefficient (Wildman–Crippen LogP) is 3.95. The topological polar surface area (TPSA) is 60.9 Å². The number of carbonyl (C=O) groups is 1. The third kappa shape index (κ3) is 4.01. The lowest BCUT2D eigenvalue weighted by Gasteiger charge is -2.40. The minimum Gasteiger partial charge on any atom is -0.366 e. The first-order valence-corrected chi connectivity index (χ1v) is 12.8. The molecule has 2 heterocycles. The standard InChI is InChI=1S/C23H28BrN3O3S/c1-15-6-5-7-20(10-15)26-9-8-25(14-17(26)3)31(29,30)23-13-22-19(12-21(23)24)11-16(2)27(22)18(4)28/h5-7,10,12-13,16-17H,8-9,11,14H2,1-4H3/t16-,17-/m0/s1. The smallest absolute Gasteiger partial charge is 0.244 e. The molecule has 31 heavy (non-hydrogen) atoms. The van der Waals surface area contributed by atoms with Crippen molar-refractivity contribution in [2.24, 2.45) is 0 Å². The highest BCUT2D eigenvalue weighted by molar-refractivity contribution is 9.10. The molecule has 0 N–H and O–H groups in total. The van der Waals surface area contributed by atoms with E-state index in [0.29, 0.717) is 29.8 Å². The van der Waals surface area contributed by atoms with Crippen LogP contribution in [0.2, 0.25) is 0 Å². The zero-order valence-corrected chi connectivity index (χ0v) is 20.7. The minimum atomic E-state index is -3.71. The van der Waals surface area contributed by atoms with Crippen LogP contribution in [0.4, 0.5) is 11.4 Å². The molecular formula is C23H28BrN3O3S. The van der Waals surface area contributed by atoms with Crippen molar-refractivity contribution in [1.82, 2.24) is 4.31 Å². The second-order valence-corrected chi connectivity index (χ2v) is 11.4. The van der Waals surface area contributed by atoms with Crippen molar-refractivity contribution in [3.05, 3.63) is 52.0 Å². The molecule has 2 aliphatic heterocycles. The minimum absolute atomic E-state index is 0.0234. The van der Waals surface area contributed by atoms with E-state index < -0.39 is 10.0 Å².